The molecule has 116 valence electrons. The Hall–Kier alpha value is -2.32. The fourth-order valence-corrected chi connectivity index (χ4v) is 2.52. The number of carboxylic acids is 1. The van der Waals surface area contributed by atoms with Crippen LogP contribution in [0.4, 0.5) is 0 Å². The number of methoxy groups -OCH3 is 1. The molecule has 2 rings (SSSR count). The Morgan fingerprint density at radius 3 is 2.64 bits per heavy atom. The molecule has 0 heterocycles. The standard InChI is InChI=1S/C17H19NO4/c1-22-10-2-3-12-4-6-13(7-5-12)16(19)18-15-9-8-14(11-15)17(20)21/h4-7,14-15H,8-11H2,1H3,(H,18,19)(H,20,21)/t14-,15-/m1/s1. The van der Waals surface area contributed by atoms with Gasteiger partial charge in [-0.3, -0.25) is 9.59 Å². The summed E-state index contributed by atoms with van der Waals surface area (Å²) in [5.74, 6) is 4.48. The summed E-state index contributed by atoms with van der Waals surface area (Å²) in [5, 5.41) is 11.9. The van der Waals surface area contributed by atoms with E-state index in [4.69, 9.17) is 9.84 Å². The maximum absolute atomic E-state index is 12.1. The van der Waals surface area contributed by atoms with Gasteiger partial charge in [0.25, 0.3) is 5.91 Å². The molecule has 0 spiro atoms. The zero-order valence-electron chi connectivity index (χ0n) is 12.5. The molecule has 1 aliphatic rings. The molecule has 5 nitrogen and oxygen atoms in total. The Morgan fingerprint density at radius 2 is 2.05 bits per heavy atom. The van der Waals surface area contributed by atoms with E-state index in [1.165, 1.54) is 0 Å². The Labute approximate surface area is 129 Å². The Kier molecular flexibility index (Phi) is 5.56. The van der Waals surface area contributed by atoms with Crippen molar-refractivity contribution in [2.75, 3.05) is 13.7 Å². The second-order valence-corrected chi connectivity index (χ2v) is 5.33. The van der Waals surface area contributed by atoms with Crippen molar-refractivity contribution in [3.05, 3.63) is 35.4 Å². The Morgan fingerprint density at radius 1 is 1.32 bits per heavy atom. The number of carbonyl (C=O) groups excluding carboxylic acids is 1. The number of aliphatic carboxylic acids is 1. The summed E-state index contributed by atoms with van der Waals surface area (Å²) in [6.07, 6.45) is 1.83. The third-order valence-electron chi connectivity index (χ3n) is 3.71. The molecule has 1 fully saturated rings. The minimum Gasteiger partial charge on any atom is -0.481 e. The number of hydrogen-bond donors (Lipinski definition) is 2. The van der Waals surface area contributed by atoms with Crippen LogP contribution in [0.5, 0.6) is 0 Å². The highest BCUT2D eigenvalue weighted by atomic mass is 16.5. The molecular formula is C17H19NO4. The van der Waals surface area contributed by atoms with Gasteiger partial charge in [-0.25, -0.2) is 0 Å². The zero-order chi connectivity index (χ0) is 15.9. The SMILES string of the molecule is COCC#Cc1ccc(C(=O)N[C@@H]2CC[C@@H](C(=O)O)C2)cc1. The van der Waals surface area contributed by atoms with Crippen molar-refractivity contribution in [2.24, 2.45) is 5.92 Å². The molecule has 0 saturated heterocycles. The van der Waals surface area contributed by atoms with Gasteiger partial charge >= 0.3 is 5.97 Å². The molecule has 0 bridgehead atoms. The Balaban J connectivity index is 1.91. The topological polar surface area (TPSA) is 75.6 Å². The molecule has 1 amide bonds. The van der Waals surface area contributed by atoms with Crippen molar-refractivity contribution in [1.82, 2.24) is 5.32 Å². The molecule has 1 aromatic carbocycles. The number of ether oxygens (including phenoxy) is 1. The number of carboxylic acid groups (broad SMARTS) is 1. The van der Waals surface area contributed by atoms with Crippen LogP contribution in [-0.2, 0) is 9.53 Å². The highest BCUT2D eigenvalue weighted by Crippen LogP contribution is 2.25. The lowest BCUT2D eigenvalue weighted by atomic mass is 10.1. The number of benzene rings is 1. The van der Waals surface area contributed by atoms with E-state index >= 15 is 0 Å². The van der Waals surface area contributed by atoms with Crippen molar-refractivity contribution in [2.45, 2.75) is 25.3 Å². The minimum absolute atomic E-state index is 0.0604. The molecule has 2 N–H and O–H groups in total. The summed E-state index contributed by atoms with van der Waals surface area (Å²) >= 11 is 0. The number of rotatable bonds is 4. The first-order valence-corrected chi connectivity index (χ1v) is 7.21. The fraction of sp³-hybridized carbons (Fsp3) is 0.412. The smallest absolute Gasteiger partial charge is 0.306 e. The predicted molar refractivity (Wildman–Crippen MR) is 81.4 cm³/mol. The van der Waals surface area contributed by atoms with Gasteiger partial charge in [-0.2, -0.15) is 0 Å². The average Bonchev–Trinajstić information content (AvgIpc) is 2.97. The Bertz CT molecular complexity index is 597. The molecule has 0 unspecified atom stereocenters. The lowest BCUT2D eigenvalue weighted by Gasteiger charge is -2.12. The highest BCUT2D eigenvalue weighted by Gasteiger charge is 2.30. The monoisotopic (exact) mass is 301 g/mol. The van der Waals surface area contributed by atoms with Gasteiger partial charge in [-0.15, -0.1) is 0 Å². The molecule has 0 aliphatic heterocycles. The summed E-state index contributed by atoms with van der Waals surface area (Å²) in [4.78, 5) is 23.0. The molecule has 22 heavy (non-hydrogen) atoms. The number of nitrogens with one attached hydrogen (secondary N) is 1. The molecule has 1 aromatic rings. The number of amides is 1. The van der Waals surface area contributed by atoms with Crippen molar-refractivity contribution in [3.8, 4) is 11.8 Å². The summed E-state index contributed by atoms with van der Waals surface area (Å²) in [6, 6.07) is 6.94. The van der Waals surface area contributed by atoms with Crippen LogP contribution in [0.25, 0.3) is 0 Å². The summed E-state index contributed by atoms with van der Waals surface area (Å²) in [7, 11) is 1.58. The van der Waals surface area contributed by atoms with Gasteiger partial charge in [0.2, 0.25) is 0 Å². The van der Waals surface area contributed by atoms with Gasteiger partial charge in [-0.05, 0) is 43.5 Å². The van der Waals surface area contributed by atoms with Crippen LogP contribution in [-0.4, -0.2) is 36.7 Å². The minimum atomic E-state index is -0.782. The third-order valence-corrected chi connectivity index (χ3v) is 3.71. The predicted octanol–water partition coefficient (Wildman–Crippen LogP) is 1.67. The fourth-order valence-electron chi connectivity index (χ4n) is 2.52. The quantitative estimate of drug-likeness (QED) is 0.830. The molecule has 0 radical (unpaired) electrons. The molecule has 2 atom stereocenters. The van der Waals surface area contributed by atoms with Gasteiger partial charge < -0.3 is 15.2 Å². The van der Waals surface area contributed by atoms with Gasteiger partial charge in [-0.1, -0.05) is 11.8 Å². The van der Waals surface area contributed by atoms with Gasteiger partial charge in [0.15, 0.2) is 0 Å². The summed E-state index contributed by atoms with van der Waals surface area (Å²) in [6.45, 7) is 0.370. The maximum atomic E-state index is 12.1. The molecule has 1 aliphatic carbocycles. The van der Waals surface area contributed by atoms with Crippen LogP contribution in [0, 0.1) is 17.8 Å². The molecule has 0 aromatic heterocycles. The average molecular weight is 301 g/mol. The zero-order valence-corrected chi connectivity index (χ0v) is 12.5. The van der Waals surface area contributed by atoms with Crippen LogP contribution in [0.2, 0.25) is 0 Å². The summed E-state index contributed by atoms with van der Waals surface area (Å²) in [5.41, 5.74) is 1.37. The second kappa shape index (κ2) is 7.62. The van der Waals surface area contributed by atoms with Crippen LogP contribution in [0.15, 0.2) is 24.3 Å². The highest BCUT2D eigenvalue weighted by molar-refractivity contribution is 5.94. The van der Waals surface area contributed by atoms with Gasteiger partial charge in [0, 0.05) is 24.3 Å². The largest absolute Gasteiger partial charge is 0.481 e. The van der Waals surface area contributed by atoms with Crippen molar-refractivity contribution < 1.29 is 19.4 Å². The van der Waals surface area contributed by atoms with Crippen molar-refractivity contribution in [3.63, 3.8) is 0 Å². The van der Waals surface area contributed by atoms with E-state index < -0.39 is 5.97 Å². The van der Waals surface area contributed by atoms with E-state index in [0.29, 0.717) is 31.4 Å². The molecule has 5 heteroatoms. The van der Waals surface area contributed by atoms with E-state index in [1.54, 1.807) is 31.4 Å². The van der Waals surface area contributed by atoms with E-state index in [0.717, 1.165) is 5.56 Å². The van der Waals surface area contributed by atoms with Gasteiger partial charge in [0.1, 0.15) is 6.61 Å². The van der Waals surface area contributed by atoms with Crippen molar-refractivity contribution in [1.29, 1.82) is 0 Å². The van der Waals surface area contributed by atoms with Gasteiger partial charge in [0.05, 0.1) is 5.92 Å². The van der Waals surface area contributed by atoms with E-state index in [1.807, 2.05) is 0 Å². The lowest BCUT2D eigenvalue weighted by molar-refractivity contribution is -0.141. The van der Waals surface area contributed by atoms with E-state index in [2.05, 4.69) is 17.2 Å². The molecular weight excluding hydrogens is 282 g/mol. The first-order chi connectivity index (χ1) is 10.6. The summed E-state index contributed by atoms with van der Waals surface area (Å²) < 4.78 is 4.85. The second-order valence-electron chi connectivity index (χ2n) is 5.33. The van der Waals surface area contributed by atoms with E-state index in [9.17, 15) is 9.59 Å². The number of carbonyl (C=O) groups is 2. The van der Waals surface area contributed by atoms with Crippen LogP contribution >= 0.6 is 0 Å². The van der Waals surface area contributed by atoms with Crippen LogP contribution in [0.3, 0.4) is 0 Å². The maximum Gasteiger partial charge on any atom is 0.306 e. The first kappa shape index (κ1) is 16.1. The lowest BCUT2D eigenvalue weighted by Crippen LogP contribution is -2.33. The normalized spacial score (nSPS) is 20.0. The van der Waals surface area contributed by atoms with E-state index in [-0.39, 0.29) is 17.9 Å². The first-order valence-electron chi connectivity index (χ1n) is 7.21. The van der Waals surface area contributed by atoms with Crippen molar-refractivity contribution >= 4 is 11.9 Å². The third kappa shape index (κ3) is 4.34. The van der Waals surface area contributed by atoms with Crippen LogP contribution < -0.4 is 5.32 Å². The number of hydrogen-bond acceptors (Lipinski definition) is 3. The van der Waals surface area contributed by atoms with Crippen LogP contribution in [0.1, 0.15) is 35.2 Å². The molecule has 1 saturated carbocycles.